The van der Waals surface area contributed by atoms with E-state index in [1.165, 1.54) is 5.97 Å². The molecule has 0 aromatic heterocycles. The molecule has 0 heterocycles. The van der Waals surface area contributed by atoms with Crippen LogP contribution in [0.4, 0.5) is 4.32 Å². The van der Waals surface area contributed by atoms with Crippen LogP contribution in [0, 0.1) is 11.2 Å². The summed E-state index contributed by atoms with van der Waals surface area (Å²) in [6, 6.07) is 0. The van der Waals surface area contributed by atoms with Crippen molar-refractivity contribution >= 4 is 37.1 Å². The minimum atomic E-state index is -0.875. The number of rotatable bonds is 0. The molecule has 0 N–H and O–H groups in total. The van der Waals surface area contributed by atoms with Gasteiger partial charge in [-0.05, 0) is 0 Å². The van der Waals surface area contributed by atoms with Crippen molar-refractivity contribution in [2.45, 2.75) is 0 Å². The molecule has 1 nitrogen and oxygen atoms in total. The third-order valence-corrected chi connectivity index (χ3v) is 0.0598. The van der Waals surface area contributed by atoms with E-state index in [-0.39, 0.29) is 29.6 Å². The van der Waals surface area contributed by atoms with Crippen LogP contribution in [0.25, 0.3) is 0 Å². The fraction of sp³-hybridized carbons (Fsp3) is 0. The van der Waals surface area contributed by atoms with Gasteiger partial charge in [-0.3, -0.25) is 0 Å². The molecule has 0 radical (unpaired) electrons. The van der Waals surface area contributed by atoms with Crippen LogP contribution in [0.2, 0.25) is 0 Å². The van der Waals surface area contributed by atoms with Crippen LogP contribution in [0.3, 0.4) is 0 Å². The molecular weight excluding hydrogens is 78.8 g/mol. The van der Waals surface area contributed by atoms with Gasteiger partial charge in [0.25, 0.3) is 0 Å². The fourth-order valence-electron chi connectivity index (χ4n) is 0. The molecule has 0 atom stereocenters. The third-order valence-electron chi connectivity index (χ3n) is 0.0598. The topological polar surface area (TPSA) is 23.8 Å². The van der Waals surface area contributed by atoms with E-state index in [1.54, 1.807) is 0 Å². The van der Waals surface area contributed by atoms with E-state index in [0.29, 0.717) is 0 Å². The first-order valence-corrected chi connectivity index (χ1v) is 0.844. The van der Waals surface area contributed by atoms with E-state index >= 15 is 0 Å². The quantitative estimate of drug-likeness (QED) is 0.348. The maximum absolute atomic E-state index is 10.4. The van der Waals surface area contributed by atoms with Crippen LogP contribution >= 0.6 is 0 Å². The van der Waals surface area contributed by atoms with Gasteiger partial charge in [0, 0.05) is 5.97 Å². The van der Waals surface area contributed by atoms with Crippen LogP contribution < -0.4 is 0 Å². The first-order valence-electron chi connectivity index (χ1n) is 0.844. The Hall–Kier alpha value is 0.485. The summed E-state index contributed by atoms with van der Waals surface area (Å²) >= 11 is 0. The van der Waals surface area contributed by atoms with Crippen molar-refractivity contribution in [3.05, 3.63) is 0 Å². The van der Waals surface area contributed by atoms with Gasteiger partial charge >= 0.3 is 37.1 Å². The normalized spacial score (nSPS) is 3.20. The molecule has 0 aliphatic carbocycles. The number of nitriles is 1. The van der Waals surface area contributed by atoms with Crippen molar-refractivity contribution in [1.29, 1.82) is 5.26 Å². The summed E-state index contributed by atoms with van der Waals surface area (Å²) in [6.07, 6.45) is 0. The number of hydrogen-bond donors (Lipinski definition) is 0. The van der Waals surface area contributed by atoms with Gasteiger partial charge in [-0.1, -0.05) is 0 Å². The van der Waals surface area contributed by atoms with E-state index in [9.17, 15) is 4.32 Å². The Bertz CT molecular complexity index is 41.4. The van der Waals surface area contributed by atoms with Crippen molar-refractivity contribution in [3.63, 3.8) is 0 Å². The summed E-state index contributed by atoms with van der Waals surface area (Å²) in [6.45, 7) is 0. The Morgan fingerprint density at radius 3 is 2.00 bits per heavy atom. The van der Waals surface area contributed by atoms with Gasteiger partial charge in [0.2, 0.25) is 0 Å². The molecule has 4 heteroatoms. The summed E-state index contributed by atoms with van der Waals surface area (Å²) in [4.78, 5) is 0. The molecule has 0 amide bonds. The Morgan fingerprint density at radius 2 is 2.00 bits per heavy atom. The number of hydrogen-bond acceptors (Lipinski definition) is 1. The zero-order valence-corrected chi connectivity index (χ0v) is 2.03. The van der Waals surface area contributed by atoms with Crippen molar-refractivity contribution in [3.8, 4) is 5.97 Å². The minimum absolute atomic E-state index is 0. The SMILES string of the molecule is N#CBF.[NaH]. The maximum atomic E-state index is 10.4. The second-order valence-electron chi connectivity index (χ2n) is 0.292. The molecule has 0 fully saturated rings. The molecule has 0 rings (SSSR count). The van der Waals surface area contributed by atoms with Crippen LogP contribution in [-0.4, -0.2) is 37.1 Å². The molecule has 5 heavy (non-hydrogen) atoms. The van der Waals surface area contributed by atoms with E-state index in [0.717, 1.165) is 0 Å². The van der Waals surface area contributed by atoms with Gasteiger partial charge in [-0.2, -0.15) is 0 Å². The van der Waals surface area contributed by atoms with Crippen LogP contribution in [0.5, 0.6) is 0 Å². The van der Waals surface area contributed by atoms with Gasteiger partial charge < -0.3 is 4.32 Å². The number of nitrogens with zero attached hydrogens (tertiary/aromatic N) is 1. The molecule has 0 aromatic rings. The Balaban J connectivity index is 0. The van der Waals surface area contributed by atoms with Crippen LogP contribution in [0.15, 0.2) is 0 Å². The molecule has 0 aliphatic rings. The van der Waals surface area contributed by atoms with Gasteiger partial charge in [0.15, 0.2) is 0 Å². The first-order chi connectivity index (χ1) is 1.91. The summed E-state index contributed by atoms with van der Waals surface area (Å²) in [5.41, 5.74) is 0. The molecule has 0 bridgehead atoms. The standard InChI is InChI=1S/CHBFN.Na.H/c3-2-1-4;;/h2H;;. The van der Waals surface area contributed by atoms with Crippen LogP contribution in [-0.2, 0) is 0 Å². The van der Waals surface area contributed by atoms with E-state index in [4.69, 9.17) is 5.26 Å². The molecule has 0 saturated carbocycles. The Kier molecular flexibility index (Phi) is 16.0. The first kappa shape index (κ1) is 9.08. The average Bonchev–Trinajstić information content (AvgIpc) is 1.37. The molecule has 22 valence electrons. The van der Waals surface area contributed by atoms with Gasteiger partial charge in [-0.25, -0.2) is 5.26 Å². The second-order valence-corrected chi connectivity index (χ2v) is 0.292. The zero-order valence-electron chi connectivity index (χ0n) is 2.03. The van der Waals surface area contributed by atoms with Crippen molar-refractivity contribution in [2.24, 2.45) is 0 Å². The molecule has 0 saturated heterocycles. The average molecular weight is 80.8 g/mol. The second kappa shape index (κ2) is 8.82. The monoisotopic (exact) mass is 81.0 g/mol. The van der Waals surface area contributed by atoms with Gasteiger partial charge in [0.05, 0.1) is 0 Å². The molecule has 0 aliphatic heterocycles. The van der Waals surface area contributed by atoms with E-state index in [1.807, 2.05) is 0 Å². The zero-order chi connectivity index (χ0) is 3.41. The molecule has 0 aromatic carbocycles. The third kappa shape index (κ3) is 12.6. The summed E-state index contributed by atoms with van der Waals surface area (Å²) in [5, 5.41) is 7.25. The number of halogens is 1. The van der Waals surface area contributed by atoms with E-state index < -0.39 is 7.56 Å². The predicted molar refractivity (Wildman–Crippen MR) is 21.0 cm³/mol. The van der Waals surface area contributed by atoms with Crippen molar-refractivity contribution < 1.29 is 4.32 Å². The predicted octanol–water partition coefficient (Wildman–Crippen LogP) is -0.860. The summed E-state index contributed by atoms with van der Waals surface area (Å²) < 4.78 is 10.4. The Labute approximate surface area is 52.7 Å². The molecular formula is CH2BFNNa. The Morgan fingerprint density at radius 1 is 1.80 bits per heavy atom. The van der Waals surface area contributed by atoms with Crippen molar-refractivity contribution in [2.75, 3.05) is 0 Å². The van der Waals surface area contributed by atoms with Gasteiger partial charge in [-0.15, -0.1) is 0 Å². The fourth-order valence-corrected chi connectivity index (χ4v) is 0. The summed E-state index contributed by atoms with van der Waals surface area (Å²) in [5.74, 6) is 1.26. The van der Waals surface area contributed by atoms with Crippen molar-refractivity contribution in [1.82, 2.24) is 0 Å². The van der Waals surface area contributed by atoms with Crippen LogP contribution in [0.1, 0.15) is 0 Å². The molecule has 0 spiro atoms. The van der Waals surface area contributed by atoms with Gasteiger partial charge in [0.1, 0.15) is 0 Å². The summed E-state index contributed by atoms with van der Waals surface area (Å²) in [7, 11) is -0.875. The molecule has 0 unspecified atom stereocenters. The van der Waals surface area contributed by atoms with E-state index in [2.05, 4.69) is 0 Å².